The van der Waals surface area contributed by atoms with Gasteiger partial charge in [-0.25, -0.2) is 0 Å². The Hall–Kier alpha value is -1.97. The minimum Gasteiger partial charge on any atom is -0.454 e. The summed E-state index contributed by atoms with van der Waals surface area (Å²) in [7, 11) is 1.94. The maximum atomic E-state index is 5.42. The van der Waals surface area contributed by atoms with Crippen molar-refractivity contribution >= 4 is 29.9 Å². The molecule has 2 aromatic rings. The van der Waals surface area contributed by atoms with Crippen molar-refractivity contribution in [2.24, 2.45) is 12.0 Å². The molecular weight excluding hydrogens is 457 g/mol. The molecule has 2 heterocycles. The molecule has 0 saturated heterocycles. The van der Waals surface area contributed by atoms with Crippen LogP contribution < -0.4 is 20.1 Å². The highest BCUT2D eigenvalue weighted by atomic mass is 127. The van der Waals surface area contributed by atoms with Gasteiger partial charge in [-0.1, -0.05) is 6.07 Å². The van der Waals surface area contributed by atoms with Gasteiger partial charge < -0.3 is 20.1 Å². The van der Waals surface area contributed by atoms with E-state index in [0.717, 1.165) is 56.4 Å². The molecule has 1 aliphatic heterocycles. The molecule has 0 bridgehead atoms. The number of ether oxygens (including phenoxy) is 2. The van der Waals surface area contributed by atoms with Gasteiger partial charge in [0.15, 0.2) is 17.5 Å². The van der Waals surface area contributed by atoms with Crippen molar-refractivity contribution in [3.8, 4) is 11.5 Å². The fourth-order valence-corrected chi connectivity index (χ4v) is 2.84. The lowest BCUT2D eigenvalue weighted by molar-refractivity contribution is 0.174. The number of aromatic nitrogens is 2. The topological polar surface area (TPSA) is 72.7 Å². The Balaban J connectivity index is 0.00000261. The fraction of sp³-hybridized carbons (Fsp3) is 0.474. The maximum Gasteiger partial charge on any atom is 0.231 e. The van der Waals surface area contributed by atoms with Gasteiger partial charge in [0.1, 0.15) is 0 Å². The summed E-state index contributed by atoms with van der Waals surface area (Å²) in [5.74, 6) is 2.52. The van der Waals surface area contributed by atoms with Gasteiger partial charge in [0.2, 0.25) is 6.79 Å². The van der Waals surface area contributed by atoms with Gasteiger partial charge in [-0.3, -0.25) is 9.67 Å². The Morgan fingerprint density at radius 3 is 2.81 bits per heavy atom. The molecule has 0 aliphatic carbocycles. The molecule has 2 N–H and O–H groups in total. The largest absolute Gasteiger partial charge is 0.454 e. The number of rotatable bonds is 8. The lowest BCUT2D eigenvalue weighted by atomic mass is 10.1. The molecule has 7 nitrogen and oxygen atoms in total. The van der Waals surface area contributed by atoms with Gasteiger partial charge >= 0.3 is 0 Å². The van der Waals surface area contributed by atoms with Crippen molar-refractivity contribution in [2.75, 3.05) is 26.4 Å². The summed E-state index contributed by atoms with van der Waals surface area (Å²) in [4.78, 5) is 4.65. The van der Waals surface area contributed by atoms with E-state index in [1.165, 1.54) is 11.1 Å². The second-order valence-corrected chi connectivity index (χ2v) is 6.25. The molecule has 0 saturated carbocycles. The molecule has 27 heavy (non-hydrogen) atoms. The summed E-state index contributed by atoms with van der Waals surface area (Å²) in [5, 5.41) is 10.9. The van der Waals surface area contributed by atoms with Crippen molar-refractivity contribution in [1.82, 2.24) is 20.4 Å². The van der Waals surface area contributed by atoms with Crippen LogP contribution in [-0.4, -0.2) is 42.2 Å². The number of aryl methyl sites for hydroxylation is 2. The fourth-order valence-electron chi connectivity index (χ4n) is 2.84. The first-order chi connectivity index (χ1) is 12.7. The van der Waals surface area contributed by atoms with Crippen molar-refractivity contribution in [1.29, 1.82) is 0 Å². The summed E-state index contributed by atoms with van der Waals surface area (Å²) in [6, 6.07) is 6.09. The van der Waals surface area contributed by atoms with Gasteiger partial charge in [0.25, 0.3) is 0 Å². The van der Waals surface area contributed by atoms with E-state index in [0.29, 0.717) is 6.79 Å². The first-order valence-corrected chi connectivity index (χ1v) is 9.13. The first kappa shape index (κ1) is 21.3. The van der Waals surface area contributed by atoms with Crippen LogP contribution in [0.2, 0.25) is 0 Å². The molecule has 0 unspecified atom stereocenters. The zero-order valence-electron chi connectivity index (χ0n) is 15.9. The number of fused-ring (bicyclic) bond motifs is 1. The molecule has 0 amide bonds. The van der Waals surface area contributed by atoms with E-state index < -0.39 is 0 Å². The highest BCUT2D eigenvalue weighted by molar-refractivity contribution is 14.0. The predicted octanol–water partition coefficient (Wildman–Crippen LogP) is 2.50. The Labute approximate surface area is 177 Å². The number of nitrogens with zero attached hydrogens (tertiary/aromatic N) is 3. The maximum absolute atomic E-state index is 5.42. The molecule has 0 radical (unpaired) electrons. The minimum absolute atomic E-state index is 0. The molecule has 1 aromatic carbocycles. The highest BCUT2D eigenvalue weighted by Crippen LogP contribution is 2.32. The average molecular weight is 485 g/mol. The van der Waals surface area contributed by atoms with Gasteiger partial charge in [-0.15, -0.1) is 24.0 Å². The van der Waals surface area contributed by atoms with Crippen molar-refractivity contribution in [3.63, 3.8) is 0 Å². The van der Waals surface area contributed by atoms with Crippen molar-refractivity contribution in [3.05, 3.63) is 41.7 Å². The summed E-state index contributed by atoms with van der Waals surface area (Å²) in [5.41, 5.74) is 2.47. The monoisotopic (exact) mass is 485 g/mol. The lowest BCUT2D eigenvalue weighted by Crippen LogP contribution is -2.38. The summed E-state index contributed by atoms with van der Waals surface area (Å²) in [6.07, 6.45) is 6.87. The van der Waals surface area contributed by atoms with E-state index in [1.54, 1.807) is 0 Å². The van der Waals surface area contributed by atoms with Crippen LogP contribution in [0.25, 0.3) is 0 Å². The van der Waals surface area contributed by atoms with E-state index in [9.17, 15) is 0 Å². The van der Waals surface area contributed by atoms with Crippen LogP contribution >= 0.6 is 24.0 Å². The van der Waals surface area contributed by atoms with Gasteiger partial charge in [0.05, 0.1) is 6.20 Å². The SMILES string of the molecule is CCNC(=NCCCc1cnn(C)c1)NCCc1ccc2c(c1)OCO2.I. The zero-order chi connectivity index (χ0) is 18.2. The molecule has 0 fully saturated rings. The summed E-state index contributed by atoms with van der Waals surface area (Å²) in [6.45, 7) is 4.83. The summed E-state index contributed by atoms with van der Waals surface area (Å²) < 4.78 is 12.6. The normalized spacial score (nSPS) is 12.6. The Morgan fingerprint density at radius 1 is 1.19 bits per heavy atom. The molecule has 3 rings (SSSR count). The molecule has 0 spiro atoms. The van der Waals surface area contributed by atoms with Crippen LogP contribution in [-0.2, 0) is 19.9 Å². The number of halogens is 1. The van der Waals surface area contributed by atoms with Crippen LogP contribution in [0, 0.1) is 0 Å². The number of benzene rings is 1. The number of guanidine groups is 1. The Bertz CT molecular complexity index is 747. The molecule has 148 valence electrons. The lowest BCUT2D eigenvalue weighted by Gasteiger charge is -2.11. The van der Waals surface area contributed by atoms with Crippen molar-refractivity contribution < 1.29 is 9.47 Å². The van der Waals surface area contributed by atoms with Crippen LogP contribution in [0.1, 0.15) is 24.5 Å². The second kappa shape index (κ2) is 11.0. The first-order valence-electron chi connectivity index (χ1n) is 9.13. The van der Waals surface area contributed by atoms with E-state index in [-0.39, 0.29) is 24.0 Å². The van der Waals surface area contributed by atoms with E-state index in [1.807, 2.05) is 30.1 Å². The number of aliphatic imine (C=N–C) groups is 1. The molecule has 1 aliphatic rings. The smallest absolute Gasteiger partial charge is 0.231 e. The number of hydrogen-bond donors (Lipinski definition) is 2. The van der Waals surface area contributed by atoms with Gasteiger partial charge in [0, 0.05) is 32.9 Å². The predicted molar refractivity (Wildman–Crippen MR) is 117 cm³/mol. The van der Waals surface area contributed by atoms with Gasteiger partial charge in [-0.2, -0.15) is 5.10 Å². The highest BCUT2D eigenvalue weighted by Gasteiger charge is 2.12. The zero-order valence-corrected chi connectivity index (χ0v) is 18.2. The Kier molecular flexibility index (Phi) is 8.70. The third-order valence-electron chi connectivity index (χ3n) is 4.14. The van der Waals surface area contributed by atoms with E-state index in [2.05, 4.69) is 39.9 Å². The number of nitrogens with one attached hydrogen (secondary N) is 2. The molecule has 8 heteroatoms. The van der Waals surface area contributed by atoms with Crippen LogP contribution in [0.15, 0.2) is 35.6 Å². The van der Waals surface area contributed by atoms with Crippen LogP contribution in [0.4, 0.5) is 0 Å². The Morgan fingerprint density at radius 2 is 2.04 bits per heavy atom. The van der Waals surface area contributed by atoms with Crippen LogP contribution in [0.3, 0.4) is 0 Å². The average Bonchev–Trinajstić information content (AvgIpc) is 3.27. The van der Waals surface area contributed by atoms with Crippen LogP contribution in [0.5, 0.6) is 11.5 Å². The third kappa shape index (κ3) is 6.60. The minimum atomic E-state index is 0. The number of hydrogen-bond acceptors (Lipinski definition) is 4. The summed E-state index contributed by atoms with van der Waals surface area (Å²) >= 11 is 0. The molecule has 1 aromatic heterocycles. The molecular formula is C19H28IN5O2. The second-order valence-electron chi connectivity index (χ2n) is 6.25. The van der Waals surface area contributed by atoms with Crippen molar-refractivity contribution in [2.45, 2.75) is 26.2 Å². The quantitative estimate of drug-likeness (QED) is 0.260. The standard InChI is InChI=1S/C19H27N5O2.HI/c1-3-20-19(21-9-4-5-16-12-23-24(2)13-16)22-10-8-15-6-7-17-18(11-15)26-14-25-17;/h6-7,11-13H,3-5,8-10,14H2,1-2H3,(H2,20,21,22);1H. The van der Waals surface area contributed by atoms with E-state index >= 15 is 0 Å². The van der Waals surface area contributed by atoms with Gasteiger partial charge in [-0.05, 0) is 49.4 Å². The van der Waals surface area contributed by atoms with E-state index in [4.69, 9.17) is 9.47 Å². The third-order valence-corrected chi connectivity index (χ3v) is 4.14. The molecule has 0 atom stereocenters.